The maximum absolute atomic E-state index is 12.4. The Kier molecular flexibility index (Phi) is 8.45. The molecular formula is C33H33ClF3N3O2S. The van der Waals surface area contributed by atoms with Gasteiger partial charge in [0, 0.05) is 40.5 Å². The average Bonchev–Trinajstić information content (AvgIpc) is 3.34. The molecule has 0 spiro atoms. The second kappa shape index (κ2) is 12.1. The van der Waals surface area contributed by atoms with Crippen molar-refractivity contribution < 1.29 is 23.0 Å². The first kappa shape index (κ1) is 30.0. The Hall–Kier alpha value is -3.08. The van der Waals surface area contributed by atoms with Crippen molar-refractivity contribution in [2.75, 3.05) is 25.5 Å². The summed E-state index contributed by atoms with van der Waals surface area (Å²) >= 11 is 7.95. The largest absolute Gasteiger partial charge is 0.573 e. The Morgan fingerprint density at radius 3 is 2.33 bits per heavy atom. The Morgan fingerprint density at radius 1 is 1.00 bits per heavy atom. The SMILES string of the molecule is CC1=C(Cl)C(O)c2c(sc3cc(-c4ccc(CN(C)C5CCN(Cc6ccc(OC(F)(F)F)cc6)CC5)cc4)ccc23)N1. The van der Waals surface area contributed by atoms with Gasteiger partial charge in [-0.05, 0) is 80.4 Å². The molecule has 1 fully saturated rings. The number of piperidine rings is 1. The Morgan fingerprint density at radius 2 is 1.65 bits per heavy atom. The normalized spacial score (nSPS) is 18.3. The maximum atomic E-state index is 12.4. The zero-order valence-corrected chi connectivity index (χ0v) is 25.5. The van der Waals surface area contributed by atoms with Gasteiger partial charge in [0.2, 0.25) is 0 Å². The molecule has 4 aromatic rings. The Labute approximate surface area is 258 Å². The number of rotatable bonds is 7. The summed E-state index contributed by atoms with van der Waals surface area (Å²) in [6, 6.07) is 21.7. The number of hydrogen-bond acceptors (Lipinski definition) is 6. The first-order valence-electron chi connectivity index (χ1n) is 14.3. The molecular weight excluding hydrogens is 595 g/mol. The van der Waals surface area contributed by atoms with Crippen LogP contribution in [0.1, 0.15) is 42.6 Å². The quantitative estimate of drug-likeness (QED) is 0.215. The molecule has 226 valence electrons. The lowest BCUT2D eigenvalue weighted by Gasteiger charge is -2.37. The zero-order valence-electron chi connectivity index (χ0n) is 23.9. The number of aliphatic hydroxyl groups is 1. The van der Waals surface area contributed by atoms with Crippen LogP contribution in [0.25, 0.3) is 21.2 Å². The number of thiophene rings is 1. The summed E-state index contributed by atoms with van der Waals surface area (Å²) in [5.74, 6) is -0.191. The summed E-state index contributed by atoms with van der Waals surface area (Å²) < 4.78 is 42.3. The number of anilines is 1. The van der Waals surface area contributed by atoms with Crippen molar-refractivity contribution in [3.63, 3.8) is 0 Å². The highest BCUT2D eigenvalue weighted by Crippen LogP contribution is 2.47. The van der Waals surface area contributed by atoms with Gasteiger partial charge in [-0.2, -0.15) is 0 Å². The fourth-order valence-corrected chi connectivity index (χ4v) is 7.40. The van der Waals surface area contributed by atoms with E-state index >= 15 is 0 Å². The summed E-state index contributed by atoms with van der Waals surface area (Å²) in [5.41, 5.74) is 6.14. The highest BCUT2D eigenvalue weighted by molar-refractivity contribution is 7.23. The summed E-state index contributed by atoms with van der Waals surface area (Å²) in [4.78, 5) is 4.76. The van der Waals surface area contributed by atoms with Crippen molar-refractivity contribution in [1.29, 1.82) is 0 Å². The molecule has 43 heavy (non-hydrogen) atoms. The van der Waals surface area contributed by atoms with E-state index < -0.39 is 12.5 Å². The van der Waals surface area contributed by atoms with Crippen LogP contribution in [0.15, 0.2) is 77.5 Å². The number of halogens is 4. The third-order valence-electron chi connectivity index (χ3n) is 8.36. The van der Waals surface area contributed by atoms with Gasteiger partial charge in [0.1, 0.15) is 11.9 Å². The minimum absolute atomic E-state index is 0.191. The standard InChI is InChI=1S/C33H33ClF3N3O2S/c1-20-30(34)31(41)29-27-12-9-24(17-28(27)43-32(29)38-20)23-7-3-21(4-8-23)18-39(2)25-13-15-40(16-14-25)19-22-5-10-26(11-6-22)42-33(35,36)37/h3-12,17,25,31,38,41H,13-16,18-19H2,1-2H3. The highest BCUT2D eigenvalue weighted by Gasteiger charge is 2.31. The molecule has 0 aliphatic carbocycles. The lowest BCUT2D eigenvalue weighted by molar-refractivity contribution is -0.274. The molecule has 3 aromatic carbocycles. The molecule has 2 aliphatic rings. The topological polar surface area (TPSA) is 48.0 Å². The molecule has 2 N–H and O–H groups in total. The molecule has 6 rings (SSSR count). The van der Waals surface area contributed by atoms with Gasteiger partial charge < -0.3 is 15.2 Å². The van der Waals surface area contributed by atoms with Gasteiger partial charge in [-0.15, -0.1) is 24.5 Å². The number of likely N-dealkylation sites (tertiary alicyclic amines) is 1. The van der Waals surface area contributed by atoms with Crippen molar-refractivity contribution in [3.8, 4) is 16.9 Å². The first-order chi connectivity index (χ1) is 20.5. The number of ether oxygens (including phenoxy) is 1. The van der Waals surface area contributed by atoms with E-state index in [1.54, 1.807) is 23.5 Å². The second-order valence-electron chi connectivity index (χ2n) is 11.4. The molecule has 5 nitrogen and oxygen atoms in total. The number of fused-ring (bicyclic) bond motifs is 3. The molecule has 0 radical (unpaired) electrons. The van der Waals surface area contributed by atoms with E-state index in [0.717, 1.165) is 75.5 Å². The second-order valence-corrected chi connectivity index (χ2v) is 12.8. The van der Waals surface area contributed by atoms with Gasteiger partial charge in [-0.25, -0.2) is 0 Å². The minimum atomic E-state index is -4.67. The van der Waals surface area contributed by atoms with Crippen molar-refractivity contribution in [2.45, 2.75) is 51.4 Å². The number of allylic oxidation sites excluding steroid dienone is 1. The van der Waals surface area contributed by atoms with Crippen molar-refractivity contribution >= 4 is 38.0 Å². The number of nitrogens with one attached hydrogen (secondary N) is 1. The van der Waals surface area contributed by atoms with E-state index in [1.807, 2.05) is 6.92 Å². The van der Waals surface area contributed by atoms with Crippen LogP contribution in [-0.2, 0) is 13.1 Å². The van der Waals surface area contributed by atoms with Crippen LogP contribution in [-0.4, -0.2) is 47.4 Å². The van der Waals surface area contributed by atoms with Gasteiger partial charge in [0.15, 0.2) is 0 Å². The van der Waals surface area contributed by atoms with Crippen molar-refractivity contribution in [1.82, 2.24) is 9.80 Å². The van der Waals surface area contributed by atoms with E-state index in [-0.39, 0.29) is 5.75 Å². The Bertz CT molecular complexity index is 1630. The van der Waals surface area contributed by atoms with E-state index in [1.165, 1.54) is 17.7 Å². The molecule has 2 aliphatic heterocycles. The highest BCUT2D eigenvalue weighted by atomic mass is 35.5. The smallest absolute Gasteiger partial charge is 0.406 e. The van der Waals surface area contributed by atoms with Crippen LogP contribution in [0.2, 0.25) is 0 Å². The molecule has 1 saturated heterocycles. The molecule has 1 atom stereocenters. The fraction of sp³-hybridized carbons (Fsp3) is 0.333. The number of benzene rings is 3. The van der Waals surface area contributed by atoms with Crippen molar-refractivity contribution in [2.24, 2.45) is 0 Å². The zero-order chi connectivity index (χ0) is 30.3. The predicted molar refractivity (Wildman–Crippen MR) is 167 cm³/mol. The monoisotopic (exact) mass is 627 g/mol. The van der Waals surface area contributed by atoms with E-state index in [9.17, 15) is 18.3 Å². The molecule has 1 aromatic heterocycles. The minimum Gasteiger partial charge on any atom is -0.406 e. The number of alkyl halides is 3. The number of aliphatic hydroxyl groups excluding tert-OH is 1. The van der Waals surface area contributed by atoms with Crippen LogP contribution in [0, 0.1) is 0 Å². The van der Waals surface area contributed by atoms with Crippen molar-refractivity contribution in [3.05, 3.63) is 94.1 Å². The lowest BCUT2D eigenvalue weighted by Crippen LogP contribution is -2.42. The molecule has 3 heterocycles. The molecule has 0 saturated carbocycles. The fourth-order valence-electron chi connectivity index (χ4n) is 6.01. The third kappa shape index (κ3) is 6.71. The van der Waals surface area contributed by atoms with Crippen LogP contribution in [0.4, 0.5) is 18.2 Å². The molecule has 1 unspecified atom stereocenters. The van der Waals surface area contributed by atoms with Gasteiger partial charge in [0.25, 0.3) is 0 Å². The van der Waals surface area contributed by atoms with E-state index in [0.29, 0.717) is 17.6 Å². The molecule has 10 heteroatoms. The number of nitrogens with zero attached hydrogens (tertiary/aromatic N) is 2. The summed E-state index contributed by atoms with van der Waals surface area (Å²) in [6.07, 6.45) is -3.39. The van der Waals surface area contributed by atoms with Gasteiger partial charge >= 0.3 is 6.36 Å². The van der Waals surface area contributed by atoms with E-state index in [4.69, 9.17) is 11.6 Å². The molecule has 0 bridgehead atoms. The third-order valence-corrected chi connectivity index (χ3v) is 9.94. The summed E-state index contributed by atoms with van der Waals surface area (Å²) in [6.45, 7) is 5.33. The van der Waals surface area contributed by atoms with Crippen LogP contribution >= 0.6 is 22.9 Å². The van der Waals surface area contributed by atoms with Crippen LogP contribution in [0.3, 0.4) is 0 Å². The molecule has 0 amide bonds. The average molecular weight is 628 g/mol. The summed E-state index contributed by atoms with van der Waals surface area (Å²) in [7, 11) is 2.17. The van der Waals surface area contributed by atoms with E-state index in [2.05, 4.69) is 69.4 Å². The van der Waals surface area contributed by atoms with Crippen LogP contribution < -0.4 is 10.1 Å². The van der Waals surface area contributed by atoms with Gasteiger partial charge in [-0.1, -0.05) is 60.1 Å². The predicted octanol–water partition coefficient (Wildman–Crippen LogP) is 8.49. The van der Waals surface area contributed by atoms with Gasteiger partial charge in [-0.3, -0.25) is 9.80 Å². The Balaban J connectivity index is 1.03. The van der Waals surface area contributed by atoms with Gasteiger partial charge in [0.05, 0.1) is 10.0 Å². The lowest BCUT2D eigenvalue weighted by atomic mass is 9.99. The first-order valence-corrected chi connectivity index (χ1v) is 15.5. The van der Waals surface area contributed by atoms with Crippen LogP contribution in [0.5, 0.6) is 5.75 Å². The summed E-state index contributed by atoms with van der Waals surface area (Å²) in [5, 5.41) is 16.4. The maximum Gasteiger partial charge on any atom is 0.573 e. The number of hydrogen-bond donors (Lipinski definition) is 2.